The lowest BCUT2D eigenvalue weighted by Crippen LogP contribution is -2.61. The molecule has 4 aliphatic rings. The number of benzene rings is 1. The molecule has 5 rings (SSSR count). The molecule has 3 N–H and O–H groups in total. The number of carbonyl (C=O) groups is 1. The van der Waals surface area contributed by atoms with Crippen LogP contribution in [0.25, 0.3) is 0 Å². The Morgan fingerprint density at radius 1 is 1.18 bits per heavy atom. The van der Waals surface area contributed by atoms with Crippen molar-refractivity contribution in [3.8, 4) is 0 Å². The normalized spacial score (nSPS) is 40.6. The maximum absolute atomic E-state index is 12.0. The Labute approximate surface area is 132 Å². The van der Waals surface area contributed by atoms with Crippen molar-refractivity contribution in [3.05, 3.63) is 35.9 Å². The van der Waals surface area contributed by atoms with Gasteiger partial charge in [-0.05, 0) is 62.3 Å². The van der Waals surface area contributed by atoms with Gasteiger partial charge in [-0.15, -0.1) is 0 Å². The zero-order valence-corrected chi connectivity index (χ0v) is 13.3. The predicted molar refractivity (Wildman–Crippen MR) is 87.0 cm³/mol. The Hall–Kier alpha value is -1.35. The fourth-order valence-electron chi connectivity index (χ4n) is 5.72. The molecule has 3 atom stereocenters. The summed E-state index contributed by atoms with van der Waals surface area (Å²) in [6.45, 7) is 2.25. The van der Waals surface area contributed by atoms with Crippen molar-refractivity contribution in [3.63, 3.8) is 0 Å². The van der Waals surface area contributed by atoms with E-state index in [-0.39, 0.29) is 11.3 Å². The summed E-state index contributed by atoms with van der Waals surface area (Å²) < 4.78 is 0. The largest absolute Gasteiger partial charge is 0.369 e. The summed E-state index contributed by atoms with van der Waals surface area (Å²) in [6.07, 6.45) is 5.63. The Bertz CT molecular complexity index is 554. The van der Waals surface area contributed by atoms with E-state index in [0.717, 1.165) is 25.2 Å². The molecule has 3 nitrogen and oxygen atoms in total. The fraction of sp³-hybridized carbons (Fsp3) is 0.632. The molecule has 4 bridgehead atoms. The fourth-order valence-corrected chi connectivity index (χ4v) is 5.72. The number of amides is 1. The second-order valence-corrected chi connectivity index (χ2v) is 7.94. The van der Waals surface area contributed by atoms with Crippen LogP contribution in [0.2, 0.25) is 0 Å². The molecular weight excluding hydrogens is 272 g/mol. The van der Waals surface area contributed by atoms with Crippen LogP contribution in [-0.4, -0.2) is 11.9 Å². The standard InChI is InChI=1S/C19H26N2O/c1-12(14-5-3-2-4-6-14)21-17-15-7-13-8-16(17)11-19(9-13,10-15)18(20)22/h2-6,12-13,15-17,21H,7-11H2,1H3,(H2,20,22)/t12?,13?,15?,16?,17-,19-. The van der Waals surface area contributed by atoms with Crippen LogP contribution < -0.4 is 11.1 Å². The molecule has 0 radical (unpaired) electrons. The van der Waals surface area contributed by atoms with E-state index >= 15 is 0 Å². The van der Waals surface area contributed by atoms with E-state index in [1.807, 2.05) is 0 Å². The van der Waals surface area contributed by atoms with E-state index in [9.17, 15) is 4.79 Å². The van der Waals surface area contributed by atoms with E-state index in [1.165, 1.54) is 18.4 Å². The van der Waals surface area contributed by atoms with Gasteiger partial charge in [0, 0.05) is 17.5 Å². The summed E-state index contributed by atoms with van der Waals surface area (Å²) >= 11 is 0. The zero-order chi connectivity index (χ0) is 15.3. The van der Waals surface area contributed by atoms with E-state index in [2.05, 4.69) is 42.6 Å². The molecule has 0 aliphatic heterocycles. The minimum atomic E-state index is -0.176. The Kier molecular flexibility index (Phi) is 3.30. The van der Waals surface area contributed by atoms with Crippen LogP contribution in [0.5, 0.6) is 0 Å². The molecule has 118 valence electrons. The van der Waals surface area contributed by atoms with Gasteiger partial charge in [-0.25, -0.2) is 0 Å². The molecule has 4 fully saturated rings. The first kappa shape index (κ1) is 14.3. The smallest absolute Gasteiger partial charge is 0.223 e. The number of nitrogens with two attached hydrogens (primary N) is 1. The predicted octanol–water partition coefficient (Wildman–Crippen LogP) is 3.02. The maximum atomic E-state index is 12.0. The average molecular weight is 298 g/mol. The highest BCUT2D eigenvalue weighted by atomic mass is 16.1. The highest BCUT2D eigenvalue weighted by Crippen LogP contribution is 2.60. The van der Waals surface area contributed by atoms with Gasteiger partial charge in [0.1, 0.15) is 0 Å². The number of hydrogen-bond acceptors (Lipinski definition) is 2. The van der Waals surface area contributed by atoms with Gasteiger partial charge >= 0.3 is 0 Å². The van der Waals surface area contributed by atoms with Crippen molar-refractivity contribution < 1.29 is 4.79 Å². The number of primary amides is 1. The van der Waals surface area contributed by atoms with E-state index < -0.39 is 0 Å². The molecule has 0 saturated heterocycles. The summed E-state index contributed by atoms with van der Waals surface area (Å²) in [7, 11) is 0. The quantitative estimate of drug-likeness (QED) is 0.897. The lowest BCUT2D eigenvalue weighted by atomic mass is 9.47. The van der Waals surface area contributed by atoms with Crippen molar-refractivity contribution in [2.24, 2.45) is 28.9 Å². The van der Waals surface area contributed by atoms with E-state index in [4.69, 9.17) is 5.73 Å². The van der Waals surface area contributed by atoms with Crippen LogP contribution in [0.3, 0.4) is 0 Å². The van der Waals surface area contributed by atoms with Gasteiger partial charge in [0.2, 0.25) is 5.91 Å². The molecule has 4 aliphatic carbocycles. The molecule has 0 heterocycles. The Balaban J connectivity index is 1.52. The van der Waals surface area contributed by atoms with Gasteiger partial charge in [-0.2, -0.15) is 0 Å². The second kappa shape index (κ2) is 5.09. The lowest BCUT2D eigenvalue weighted by molar-refractivity contribution is -0.146. The van der Waals surface area contributed by atoms with Crippen molar-refractivity contribution in [2.75, 3.05) is 0 Å². The van der Waals surface area contributed by atoms with Crippen LogP contribution in [0.1, 0.15) is 50.6 Å². The van der Waals surface area contributed by atoms with Gasteiger partial charge in [0.05, 0.1) is 0 Å². The van der Waals surface area contributed by atoms with Gasteiger partial charge in [-0.3, -0.25) is 4.79 Å². The first-order valence-electron chi connectivity index (χ1n) is 8.68. The number of carbonyl (C=O) groups excluding carboxylic acids is 1. The van der Waals surface area contributed by atoms with Crippen LogP contribution >= 0.6 is 0 Å². The number of nitrogens with one attached hydrogen (secondary N) is 1. The molecular formula is C19H26N2O. The Morgan fingerprint density at radius 2 is 1.82 bits per heavy atom. The molecule has 1 aromatic rings. The molecule has 0 spiro atoms. The molecule has 1 aromatic carbocycles. The van der Waals surface area contributed by atoms with Gasteiger partial charge in [-0.1, -0.05) is 30.3 Å². The molecule has 22 heavy (non-hydrogen) atoms. The number of hydrogen-bond donors (Lipinski definition) is 2. The molecule has 0 aromatic heterocycles. The van der Waals surface area contributed by atoms with Crippen molar-refractivity contribution >= 4 is 5.91 Å². The SMILES string of the molecule is CC(N[C@H]1C2CC3CC1C[C@](C(N)=O)(C3)C2)c1ccccc1. The maximum Gasteiger partial charge on any atom is 0.223 e. The lowest BCUT2D eigenvalue weighted by Gasteiger charge is -2.59. The monoisotopic (exact) mass is 298 g/mol. The summed E-state index contributed by atoms with van der Waals surface area (Å²) in [6, 6.07) is 11.6. The summed E-state index contributed by atoms with van der Waals surface area (Å²) in [5.41, 5.74) is 6.94. The first-order chi connectivity index (χ1) is 10.6. The van der Waals surface area contributed by atoms with Crippen LogP contribution in [0.15, 0.2) is 30.3 Å². The van der Waals surface area contributed by atoms with Crippen LogP contribution in [0.4, 0.5) is 0 Å². The second-order valence-electron chi connectivity index (χ2n) is 7.94. The zero-order valence-electron chi connectivity index (χ0n) is 13.3. The molecule has 1 amide bonds. The van der Waals surface area contributed by atoms with Crippen molar-refractivity contribution in [2.45, 2.75) is 51.1 Å². The molecule has 3 heteroatoms. The third-order valence-electron chi connectivity index (χ3n) is 6.54. The minimum absolute atomic E-state index is 0.0403. The summed E-state index contributed by atoms with van der Waals surface area (Å²) in [4.78, 5) is 12.0. The van der Waals surface area contributed by atoms with Gasteiger partial charge in [0.25, 0.3) is 0 Å². The Morgan fingerprint density at radius 3 is 2.41 bits per heavy atom. The highest BCUT2D eigenvalue weighted by Gasteiger charge is 2.57. The average Bonchev–Trinajstić information content (AvgIpc) is 2.51. The highest BCUT2D eigenvalue weighted by molar-refractivity contribution is 5.81. The topological polar surface area (TPSA) is 55.1 Å². The van der Waals surface area contributed by atoms with Crippen molar-refractivity contribution in [1.29, 1.82) is 0 Å². The van der Waals surface area contributed by atoms with Crippen molar-refractivity contribution in [1.82, 2.24) is 5.32 Å². The number of rotatable bonds is 4. The van der Waals surface area contributed by atoms with E-state index in [1.54, 1.807) is 0 Å². The summed E-state index contributed by atoms with van der Waals surface area (Å²) in [5, 5.41) is 3.88. The van der Waals surface area contributed by atoms with E-state index in [0.29, 0.717) is 23.9 Å². The first-order valence-corrected chi connectivity index (χ1v) is 8.68. The molecule has 4 saturated carbocycles. The molecule has 3 unspecified atom stereocenters. The summed E-state index contributed by atoms with van der Waals surface area (Å²) in [5.74, 6) is 1.95. The van der Waals surface area contributed by atoms with Gasteiger partial charge in [0.15, 0.2) is 0 Å². The van der Waals surface area contributed by atoms with Crippen LogP contribution in [0, 0.1) is 23.2 Å². The minimum Gasteiger partial charge on any atom is -0.369 e. The van der Waals surface area contributed by atoms with Crippen LogP contribution in [-0.2, 0) is 4.79 Å². The third kappa shape index (κ3) is 2.18. The third-order valence-corrected chi connectivity index (χ3v) is 6.54. The van der Waals surface area contributed by atoms with Gasteiger partial charge < -0.3 is 11.1 Å².